The lowest BCUT2D eigenvalue weighted by Crippen LogP contribution is -2.45. The summed E-state index contributed by atoms with van der Waals surface area (Å²) in [4.78, 5) is 17.6. The second kappa shape index (κ2) is 7.70. The molecule has 1 amide bonds. The first kappa shape index (κ1) is 19.2. The van der Waals surface area contributed by atoms with Crippen molar-refractivity contribution in [1.82, 2.24) is 20.0 Å². The molecular weight excluding hydrogens is 348 g/mol. The average Bonchev–Trinajstić information content (AvgIpc) is 3.29. The molecule has 3 heterocycles. The van der Waals surface area contributed by atoms with Crippen molar-refractivity contribution in [3.63, 3.8) is 0 Å². The fraction of sp³-hybridized carbons (Fsp3) is 0.565. The van der Waals surface area contributed by atoms with E-state index in [2.05, 4.69) is 60.1 Å². The van der Waals surface area contributed by atoms with Gasteiger partial charge >= 0.3 is 0 Å². The summed E-state index contributed by atoms with van der Waals surface area (Å²) in [6, 6.07) is 10.7. The monoisotopic (exact) mass is 380 g/mol. The normalized spacial score (nSPS) is 23.1. The first-order valence-corrected chi connectivity index (χ1v) is 10.6. The fourth-order valence-electron chi connectivity index (χ4n) is 4.86. The van der Waals surface area contributed by atoms with Gasteiger partial charge in [-0.1, -0.05) is 43.7 Å². The SMILES string of the molecule is Cc1cccc(CN2CCC[C@@]3(CCN(C(=O)c4cc(C(C)C)[nH]n4)C3)C2)c1. The Morgan fingerprint density at radius 1 is 1.21 bits per heavy atom. The van der Waals surface area contributed by atoms with Crippen LogP contribution in [-0.2, 0) is 6.54 Å². The maximum atomic E-state index is 12.9. The summed E-state index contributed by atoms with van der Waals surface area (Å²) in [6.45, 7) is 11.3. The van der Waals surface area contributed by atoms with Gasteiger partial charge in [0, 0.05) is 37.3 Å². The number of nitrogens with one attached hydrogen (secondary N) is 1. The standard InChI is InChI=1S/C23H32N4O/c1-17(2)20-13-21(25-24-20)22(28)27-11-9-23(16-27)8-5-10-26(15-23)14-19-7-4-6-18(3)12-19/h4,6-7,12-13,17H,5,8-11,14-16H2,1-3H3,(H,24,25)/t23-/m1/s1. The minimum atomic E-state index is 0.0795. The zero-order valence-electron chi connectivity index (χ0n) is 17.4. The Bertz CT molecular complexity index is 843. The number of carbonyl (C=O) groups is 1. The maximum Gasteiger partial charge on any atom is 0.274 e. The summed E-state index contributed by atoms with van der Waals surface area (Å²) in [7, 11) is 0. The van der Waals surface area contributed by atoms with Gasteiger partial charge in [-0.05, 0) is 50.3 Å². The zero-order valence-corrected chi connectivity index (χ0v) is 17.4. The van der Waals surface area contributed by atoms with Crippen LogP contribution in [0.25, 0.3) is 0 Å². The van der Waals surface area contributed by atoms with Crippen molar-refractivity contribution in [3.05, 3.63) is 52.8 Å². The van der Waals surface area contributed by atoms with Crippen molar-refractivity contribution in [1.29, 1.82) is 0 Å². The van der Waals surface area contributed by atoms with Crippen molar-refractivity contribution in [3.8, 4) is 0 Å². The molecule has 150 valence electrons. The van der Waals surface area contributed by atoms with Gasteiger partial charge in [-0.3, -0.25) is 14.8 Å². The molecule has 2 aromatic rings. The third-order valence-electron chi connectivity index (χ3n) is 6.39. The molecule has 0 bridgehead atoms. The van der Waals surface area contributed by atoms with Crippen LogP contribution in [0.5, 0.6) is 0 Å². The van der Waals surface area contributed by atoms with Gasteiger partial charge in [-0.25, -0.2) is 0 Å². The quantitative estimate of drug-likeness (QED) is 0.873. The third kappa shape index (κ3) is 4.00. The number of aryl methyl sites for hydroxylation is 1. The largest absolute Gasteiger partial charge is 0.337 e. The predicted molar refractivity (Wildman–Crippen MR) is 111 cm³/mol. The predicted octanol–water partition coefficient (Wildman–Crippen LogP) is 3.97. The Kier molecular flexibility index (Phi) is 5.28. The summed E-state index contributed by atoms with van der Waals surface area (Å²) in [6.07, 6.45) is 3.54. The van der Waals surface area contributed by atoms with Gasteiger partial charge in [0.2, 0.25) is 0 Å². The highest BCUT2D eigenvalue weighted by Crippen LogP contribution is 2.39. The van der Waals surface area contributed by atoms with Crippen LogP contribution in [0, 0.1) is 12.3 Å². The molecule has 2 aliphatic rings. The number of aromatic amines is 1. The number of amides is 1. The van der Waals surface area contributed by atoms with Crippen LogP contribution in [-0.4, -0.2) is 52.1 Å². The molecule has 4 rings (SSSR count). The molecule has 2 saturated heterocycles. The molecule has 5 nitrogen and oxygen atoms in total. The van der Waals surface area contributed by atoms with Crippen LogP contribution in [0.3, 0.4) is 0 Å². The average molecular weight is 381 g/mol. The number of H-pyrrole nitrogens is 1. The number of nitrogens with zero attached hydrogens (tertiary/aromatic N) is 3. The molecule has 1 atom stereocenters. The first-order chi connectivity index (χ1) is 13.4. The minimum Gasteiger partial charge on any atom is -0.337 e. The van der Waals surface area contributed by atoms with Crippen molar-refractivity contribution in [2.45, 2.75) is 52.5 Å². The number of carbonyl (C=O) groups excluding carboxylic acids is 1. The number of likely N-dealkylation sites (tertiary alicyclic amines) is 2. The van der Waals surface area contributed by atoms with E-state index in [1.807, 2.05) is 11.0 Å². The van der Waals surface area contributed by atoms with E-state index in [4.69, 9.17) is 0 Å². The third-order valence-corrected chi connectivity index (χ3v) is 6.39. The molecular formula is C23H32N4O. The molecule has 5 heteroatoms. The molecule has 1 spiro atoms. The molecule has 0 unspecified atom stereocenters. The molecule has 0 saturated carbocycles. The van der Waals surface area contributed by atoms with Crippen LogP contribution in [0.4, 0.5) is 0 Å². The van der Waals surface area contributed by atoms with Crippen LogP contribution in [0.1, 0.15) is 66.3 Å². The van der Waals surface area contributed by atoms with Crippen LogP contribution < -0.4 is 0 Å². The van der Waals surface area contributed by atoms with E-state index in [-0.39, 0.29) is 11.3 Å². The van der Waals surface area contributed by atoms with Crippen molar-refractivity contribution in [2.24, 2.45) is 5.41 Å². The number of rotatable bonds is 4. The van der Waals surface area contributed by atoms with Crippen molar-refractivity contribution >= 4 is 5.91 Å². The summed E-state index contributed by atoms with van der Waals surface area (Å²) >= 11 is 0. The van der Waals surface area contributed by atoms with E-state index in [0.29, 0.717) is 11.6 Å². The van der Waals surface area contributed by atoms with E-state index < -0.39 is 0 Å². The number of aromatic nitrogens is 2. The molecule has 1 aromatic heterocycles. The Hall–Kier alpha value is -2.14. The topological polar surface area (TPSA) is 52.2 Å². The van der Waals surface area contributed by atoms with E-state index in [0.717, 1.165) is 44.8 Å². The molecule has 0 aliphatic carbocycles. The molecule has 1 aromatic carbocycles. The minimum absolute atomic E-state index is 0.0795. The van der Waals surface area contributed by atoms with Gasteiger partial charge in [0.1, 0.15) is 5.69 Å². The van der Waals surface area contributed by atoms with Gasteiger partial charge in [0.15, 0.2) is 0 Å². The molecule has 28 heavy (non-hydrogen) atoms. The highest BCUT2D eigenvalue weighted by molar-refractivity contribution is 5.92. The molecule has 2 fully saturated rings. The smallest absolute Gasteiger partial charge is 0.274 e. The Morgan fingerprint density at radius 2 is 2.07 bits per heavy atom. The Labute approximate surface area is 168 Å². The molecule has 0 radical (unpaired) electrons. The fourth-order valence-corrected chi connectivity index (χ4v) is 4.86. The highest BCUT2D eigenvalue weighted by Gasteiger charge is 2.43. The number of hydrogen-bond donors (Lipinski definition) is 1. The second-order valence-electron chi connectivity index (χ2n) is 9.14. The van der Waals surface area contributed by atoms with Gasteiger partial charge in [-0.15, -0.1) is 0 Å². The highest BCUT2D eigenvalue weighted by atomic mass is 16.2. The number of piperidine rings is 1. The Morgan fingerprint density at radius 3 is 2.82 bits per heavy atom. The van der Waals surface area contributed by atoms with Gasteiger partial charge in [0.05, 0.1) is 0 Å². The number of hydrogen-bond acceptors (Lipinski definition) is 3. The van der Waals surface area contributed by atoms with Crippen LogP contribution in [0.15, 0.2) is 30.3 Å². The van der Waals surface area contributed by atoms with E-state index in [9.17, 15) is 4.79 Å². The van der Waals surface area contributed by atoms with Gasteiger partial charge in [0.25, 0.3) is 5.91 Å². The van der Waals surface area contributed by atoms with Crippen molar-refractivity contribution in [2.75, 3.05) is 26.2 Å². The molecule has 1 N–H and O–H groups in total. The van der Waals surface area contributed by atoms with E-state index in [1.165, 1.54) is 24.0 Å². The zero-order chi connectivity index (χ0) is 19.7. The van der Waals surface area contributed by atoms with E-state index >= 15 is 0 Å². The lowest BCUT2D eigenvalue weighted by molar-refractivity contribution is 0.0671. The summed E-state index contributed by atoms with van der Waals surface area (Å²) in [5.41, 5.74) is 4.55. The Balaban J connectivity index is 1.40. The van der Waals surface area contributed by atoms with Gasteiger partial charge < -0.3 is 4.90 Å². The number of benzene rings is 1. The van der Waals surface area contributed by atoms with Gasteiger partial charge in [-0.2, -0.15) is 5.10 Å². The summed E-state index contributed by atoms with van der Waals surface area (Å²) in [5, 5.41) is 7.28. The lowest BCUT2D eigenvalue weighted by Gasteiger charge is -2.40. The second-order valence-corrected chi connectivity index (χ2v) is 9.14. The van der Waals surface area contributed by atoms with Crippen molar-refractivity contribution < 1.29 is 4.79 Å². The maximum absolute atomic E-state index is 12.9. The summed E-state index contributed by atoms with van der Waals surface area (Å²) in [5.74, 6) is 0.434. The molecule has 2 aliphatic heterocycles. The lowest BCUT2D eigenvalue weighted by atomic mass is 9.79. The summed E-state index contributed by atoms with van der Waals surface area (Å²) < 4.78 is 0. The van der Waals surface area contributed by atoms with E-state index in [1.54, 1.807) is 0 Å². The van der Waals surface area contributed by atoms with Crippen LogP contribution in [0.2, 0.25) is 0 Å². The first-order valence-electron chi connectivity index (χ1n) is 10.6. The van der Waals surface area contributed by atoms with Crippen LogP contribution >= 0.6 is 0 Å².